The molecule has 8 heteroatoms. The molecule has 0 spiro atoms. The minimum Gasteiger partial charge on any atom is -0.497 e. The summed E-state index contributed by atoms with van der Waals surface area (Å²) < 4.78 is 33.0. The fraction of sp³-hybridized carbons (Fsp3) is 0.320. The third kappa shape index (κ3) is 5.35. The van der Waals surface area contributed by atoms with Crippen LogP contribution in [0.15, 0.2) is 71.6 Å². The van der Waals surface area contributed by atoms with Crippen LogP contribution >= 0.6 is 0 Å². The number of hydrogen-bond donors (Lipinski definition) is 0. The number of rotatable bonds is 7. The highest BCUT2D eigenvalue weighted by atomic mass is 32.2. The van der Waals surface area contributed by atoms with Crippen LogP contribution in [0.2, 0.25) is 0 Å². The Morgan fingerprint density at radius 3 is 2.39 bits per heavy atom. The molecule has 7 nitrogen and oxygen atoms in total. The van der Waals surface area contributed by atoms with Crippen molar-refractivity contribution in [3.63, 3.8) is 0 Å². The second-order valence-corrected chi connectivity index (χ2v) is 10.3. The number of sulfonamides is 1. The zero-order chi connectivity index (χ0) is 23.4. The van der Waals surface area contributed by atoms with Gasteiger partial charge in [-0.1, -0.05) is 42.5 Å². The second-order valence-electron chi connectivity index (χ2n) is 8.32. The quantitative estimate of drug-likeness (QED) is 0.535. The van der Waals surface area contributed by atoms with Gasteiger partial charge < -0.3 is 9.64 Å². The topological polar surface area (TPSA) is 70.2 Å². The van der Waals surface area contributed by atoms with E-state index < -0.39 is 10.0 Å². The van der Waals surface area contributed by atoms with E-state index in [-0.39, 0.29) is 12.5 Å². The van der Waals surface area contributed by atoms with Gasteiger partial charge in [-0.05, 0) is 47.6 Å². The van der Waals surface area contributed by atoms with Crippen molar-refractivity contribution in [2.75, 3.05) is 46.9 Å². The van der Waals surface area contributed by atoms with Crippen LogP contribution in [0.5, 0.6) is 5.75 Å². The van der Waals surface area contributed by atoms with Gasteiger partial charge in [0.2, 0.25) is 15.9 Å². The van der Waals surface area contributed by atoms with Crippen LogP contribution in [0.3, 0.4) is 0 Å². The number of likely N-dealkylation sites (N-methyl/N-ethyl adjacent to an activating group) is 1. The average Bonchev–Trinajstić information content (AvgIpc) is 2.83. The lowest BCUT2D eigenvalue weighted by Crippen LogP contribution is -2.52. The Balaban J connectivity index is 1.34. The summed E-state index contributed by atoms with van der Waals surface area (Å²) in [7, 11) is -0.0682. The summed E-state index contributed by atoms with van der Waals surface area (Å²) in [6.45, 7) is 2.26. The number of piperazine rings is 1. The van der Waals surface area contributed by atoms with Gasteiger partial charge in [0.25, 0.3) is 0 Å². The number of benzene rings is 3. The number of hydrogen-bond acceptors (Lipinski definition) is 5. The molecule has 1 aliphatic rings. The maximum atomic E-state index is 13.1. The van der Waals surface area contributed by atoms with Gasteiger partial charge in [-0.15, -0.1) is 0 Å². The first kappa shape index (κ1) is 23.2. The summed E-state index contributed by atoms with van der Waals surface area (Å²) in [6.07, 6.45) is 0. The molecule has 0 aliphatic carbocycles. The molecule has 3 aromatic rings. The Labute approximate surface area is 195 Å². The first-order chi connectivity index (χ1) is 15.9. The number of amides is 1. The molecule has 0 atom stereocenters. The fourth-order valence-electron chi connectivity index (χ4n) is 4.12. The zero-order valence-corrected chi connectivity index (χ0v) is 19.8. The maximum Gasteiger partial charge on any atom is 0.243 e. The molecule has 174 valence electrons. The van der Waals surface area contributed by atoms with E-state index in [1.165, 1.54) is 4.31 Å². The lowest BCUT2D eigenvalue weighted by Gasteiger charge is -2.34. The predicted octanol–water partition coefficient (Wildman–Crippen LogP) is 2.81. The van der Waals surface area contributed by atoms with Crippen molar-refractivity contribution in [1.29, 1.82) is 0 Å². The number of nitrogens with zero attached hydrogens (tertiary/aromatic N) is 3. The molecular formula is C25H29N3O4S. The Kier molecular flexibility index (Phi) is 6.97. The van der Waals surface area contributed by atoms with Gasteiger partial charge in [0.1, 0.15) is 5.75 Å². The van der Waals surface area contributed by atoms with Gasteiger partial charge in [-0.2, -0.15) is 4.31 Å². The summed E-state index contributed by atoms with van der Waals surface area (Å²) in [4.78, 5) is 16.8. The number of fused-ring (bicyclic) bond motifs is 1. The van der Waals surface area contributed by atoms with Gasteiger partial charge in [-0.25, -0.2) is 8.42 Å². The molecule has 0 bridgehead atoms. The van der Waals surface area contributed by atoms with Crippen molar-refractivity contribution < 1.29 is 17.9 Å². The van der Waals surface area contributed by atoms with E-state index in [1.54, 1.807) is 24.1 Å². The molecule has 0 radical (unpaired) electrons. The number of carbonyl (C=O) groups is 1. The SMILES string of the molecule is COc1cccc(CN(C)CC(=O)N2CCN(S(=O)(=O)c3ccc4ccccc4c3)CC2)c1. The van der Waals surface area contributed by atoms with E-state index in [0.717, 1.165) is 22.1 Å². The van der Waals surface area contributed by atoms with E-state index in [4.69, 9.17) is 4.74 Å². The van der Waals surface area contributed by atoms with E-state index in [9.17, 15) is 13.2 Å². The van der Waals surface area contributed by atoms with Crippen LogP contribution in [0.25, 0.3) is 10.8 Å². The minimum atomic E-state index is -3.60. The predicted molar refractivity (Wildman–Crippen MR) is 129 cm³/mol. The summed E-state index contributed by atoms with van der Waals surface area (Å²) in [6, 6.07) is 20.7. The lowest BCUT2D eigenvalue weighted by molar-refractivity contribution is -0.133. The monoisotopic (exact) mass is 467 g/mol. The lowest BCUT2D eigenvalue weighted by atomic mass is 10.1. The van der Waals surface area contributed by atoms with Gasteiger partial charge >= 0.3 is 0 Å². The highest BCUT2D eigenvalue weighted by Gasteiger charge is 2.30. The van der Waals surface area contributed by atoms with Crippen LogP contribution in [0.4, 0.5) is 0 Å². The molecule has 0 unspecified atom stereocenters. The Hall–Kier alpha value is -2.94. The van der Waals surface area contributed by atoms with Gasteiger partial charge in [-0.3, -0.25) is 9.69 Å². The third-order valence-electron chi connectivity index (χ3n) is 5.94. The van der Waals surface area contributed by atoms with E-state index in [0.29, 0.717) is 37.6 Å². The van der Waals surface area contributed by atoms with Crippen molar-refractivity contribution >= 4 is 26.7 Å². The molecule has 1 aliphatic heterocycles. The summed E-state index contributed by atoms with van der Waals surface area (Å²) >= 11 is 0. The second kappa shape index (κ2) is 9.91. The normalized spacial score (nSPS) is 15.2. The first-order valence-electron chi connectivity index (χ1n) is 10.9. The maximum absolute atomic E-state index is 13.1. The van der Waals surface area contributed by atoms with Gasteiger partial charge in [0, 0.05) is 32.7 Å². The first-order valence-corrected chi connectivity index (χ1v) is 12.4. The minimum absolute atomic E-state index is 0.00292. The van der Waals surface area contributed by atoms with Crippen molar-refractivity contribution in [3.8, 4) is 5.75 Å². The smallest absolute Gasteiger partial charge is 0.243 e. The molecule has 33 heavy (non-hydrogen) atoms. The van der Waals surface area contributed by atoms with Crippen molar-refractivity contribution in [1.82, 2.24) is 14.1 Å². The van der Waals surface area contributed by atoms with E-state index >= 15 is 0 Å². The molecule has 1 fully saturated rings. The largest absolute Gasteiger partial charge is 0.497 e. The zero-order valence-electron chi connectivity index (χ0n) is 19.0. The molecule has 1 amide bonds. The van der Waals surface area contributed by atoms with Crippen LogP contribution < -0.4 is 4.74 Å². The van der Waals surface area contributed by atoms with Crippen LogP contribution in [-0.4, -0.2) is 75.3 Å². The molecule has 0 saturated carbocycles. The van der Waals surface area contributed by atoms with E-state index in [1.807, 2.05) is 66.5 Å². The molecular weight excluding hydrogens is 438 g/mol. The summed E-state index contributed by atoms with van der Waals surface area (Å²) in [5.74, 6) is 0.791. The summed E-state index contributed by atoms with van der Waals surface area (Å²) in [5, 5.41) is 1.90. The molecule has 3 aromatic carbocycles. The van der Waals surface area contributed by atoms with Crippen molar-refractivity contribution in [2.45, 2.75) is 11.4 Å². The number of carbonyl (C=O) groups excluding carboxylic acids is 1. The average molecular weight is 468 g/mol. The van der Waals surface area contributed by atoms with Crippen LogP contribution in [-0.2, 0) is 21.4 Å². The Morgan fingerprint density at radius 2 is 1.67 bits per heavy atom. The Bertz CT molecular complexity index is 1240. The highest BCUT2D eigenvalue weighted by molar-refractivity contribution is 7.89. The summed E-state index contributed by atoms with van der Waals surface area (Å²) in [5.41, 5.74) is 1.07. The van der Waals surface area contributed by atoms with Crippen LogP contribution in [0.1, 0.15) is 5.56 Å². The standard InChI is InChI=1S/C25H29N3O4S/c1-26(18-20-6-5-9-23(16-20)32-2)19-25(29)27-12-14-28(15-13-27)33(30,31)24-11-10-21-7-3-4-8-22(21)17-24/h3-11,16-17H,12-15,18-19H2,1-2H3. The molecule has 0 N–H and O–H groups in total. The van der Waals surface area contributed by atoms with Gasteiger partial charge in [0.15, 0.2) is 0 Å². The molecule has 1 heterocycles. The highest BCUT2D eigenvalue weighted by Crippen LogP contribution is 2.23. The van der Waals surface area contributed by atoms with Gasteiger partial charge in [0.05, 0.1) is 18.6 Å². The van der Waals surface area contributed by atoms with Crippen molar-refractivity contribution in [3.05, 3.63) is 72.3 Å². The fourth-order valence-corrected chi connectivity index (χ4v) is 5.58. The molecule has 4 rings (SSSR count). The third-order valence-corrected chi connectivity index (χ3v) is 7.84. The molecule has 0 aromatic heterocycles. The van der Waals surface area contributed by atoms with Crippen LogP contribution in [0, 0.1) is 0 Å². The Morgan fingerprint density at radius 1 is 0.939 bits per heavy atom. The molecule has 1 saturated heterocycles. The number of ether oxygens (including phenoxy) is 1. The van der Waals surface area contributed by atoms with Crippen molar-refractivity contribution in [2.24, 2.45) is 0 Å². The van der Waals surface area contributed by atoms with E-state index in [2.05, 4.69) is 0 Å². The number of methoxy groups -OCH3 is 1.